The second-order valence-electron chi connectivity index (χ2n) is 3.99. The minimum Gasteiger partial charge on any atom is -0.374 e. The SMILES string of the molecule is CCCC(NC)C1CN(CC)CCO1. The molecule has 1 saturated heterocycles. The molecule has 1 aliphatic rings. The number of nitrogens with zero attached hydrogens (tertiary/aromatic N) is 1. The van der Waals surface area contributed by atoms with Crippen molar-refractivity contribution in [1.82, 2.24) is 10.2 Å². The fourth-order valence-corrected chi connectivity index (χ4v) is 2.09. The van der Waals surface area contributed by atoms with Gasteiger partial charge in [-0.3, -0.25) is 4.90 Å². The number of likely N-dealkylation sites (N-methyl/N-ethyl adjacent to an activating group) is 2. The zero-order chi connectivity index (χ0) is 10.4. The van der Waals surface area contributed by atoms with Crippen molar-refractivity contribution >= 4 is 0 Å². The molecule has 3 nitrogen and oxygen atoms in total. The summed E-state index contributed by atoms with van der Waals surface area (Å²) in [5.41, 5.74) is 0. The van der Waals surface area contributed by atoms with Crippen molar-refractivity contribution < 1.29 is 4.74 Å². The Kier molecular flexibility index (Phi) is 5.45. The molecule has 1 N–H and O–H groups in total. The Labute approximate surface area is 87.8 Å². The first kappa shape index (κ1) is 12.0. The predicted molar refractivity (Wildman–Crippen MR) is 59.6 cm³/mol. The Balaban J connectivity index is 2.40. The van der Waals surface area contributed by atoms with Crippen molar-refractivity contribution in [2.75, 3.05) is 33.3 Å². The summed E-state index contributed by atoms with van der Waals surface area (Å²) >= 11 is 0. The summed E-state index contributed by atoms with van der Waals surface area (Å²) in [5, 5.41) is 3.37. The van der Waals surface area contributed by atoms with E-state index in [1.165, 1.54) is 12.8 Å². The molecule has 0 aliphatic carbocycles. The van der Waals surface area contributed by atoms with Gasteiger partial charge >= 0.3 is 0 Å². The van der Waals surface area contributed by atoms with Crippen molar-refractivity contribution in [3.63, 3.8) is 0 Å². The van der Waals surface area contributed by atoms with Crippen LogP contribution >= 0.6 is 0 Å². The molecular formula is C11H24N2O. The maximum absolute atomic E-state index is 5.81. The van der Waals surface area contributed by atoms with E-state index in [-0.39, 0.29) is 0 Å². The lowest BCUT2D eigenvalue weighted by Gasteiger charge is -2.36. The first-order chi connectivity index (χ1) is 6.81. The molecule has 1 fully saturated rings. The molecule has 84 valence electrons. The lowest BCUT2D eigenvalue weighted by molar-refractivity contribution is -0.0450. The lowest BCUT2D eigenvalue weighted by atomic mass is 10.0. The second-order valence-corrected chi connectivity index (χ2v) is 3.99. The molecule has 0 radical (unpaired) electrons. The van der Waals surface area contributed by atoms with Gasteiger partial charge in [0.1, 0.15) is 0 Å². The van der Waals surface area contributed by atoms with Crippen molar-refractivity contribution in [2.45, 2.75) is 38.8 Å². The third kappa shape index (κ3) is 3.23. The zero-order valence-corrected chi connectivity index (χ0v) is 9.75. The van der Waals surface area contributed by atoms with Crippen LogP contribution in [0.3, 0.4) is 0 Å². The summed E-state index contributed by atoms with van der Waals surface area (Å²) in [5.74, 6) is 0. The van der Waals surface area contributed by atoms with Gasteiger partial charge in [-0.25, -0.2) is 0 Å². The summed E-state index contributed by atoms with van der Waals surface area (Å²) in [7, 11) is 2.04. The molecule has 0 amide bonds. The minimum atomic E-state index is 0.383. The van der Waals surface area contributed by atoms with Crippen LogP contribution in [0.2, 0.25) is 0 Å². The van der Waals surface area contributed by atoms with Crippen LogP contribution in [0.15, 0.2) is 0 Å². The summed E-state index contributed by atoms with van der Waals surface area (Å²) in [6.07, 6.45) is 2.81. The van der Waals surface area contributed by atoms with Gasteiger partial charge < -0.3 is 10.1 Å². The normalized spacial score (nSPS) is 26.4. The van der Waals surface area contributed by atoms with Crippen molar-refractivity contribution in [3.05, 3.63) is 0 Å². The van der Waals surface area contributed by atoms with Crippen molar-refractivity contribution in [3.8, 4) is 0 Å². The van der Waals surface area contributed by atoms with Gasteiger partial charge in [-0.1, -0.05) is 20.3 Å². The van der Waals surface area contributed by atoms with E-state index in [0.29, 0.717) is 12.1 Å². The molecule has 14 heavy (non-hydrogen) atoms. The largest absolute Gasteiger partial charge is 0.374 e. The molecule has 0 aromatic rings. The predicted octanol–water partition coefficient (Wildman–Crippen LogP) is 1.10. The Bertz CT molecular complexity index is 152. The highest BCUT2D eigenvalue weighted by molar-refractivity contribution is 4.81. The van der Waals surface area contributed by atoms with E-state index < -0.39 is 0 Å². The Morgan fingerprint density at radius 2 is 2.29 bits per heavy atom. The maximum atomic E-state index is 5.81. The van der Waals surface area contributed by atoms with Crippen LogP contribution in [0.25, 0.3) is 0 Å². The second kappa shape index (κ2) is 6.38. The van der Waals surface area contributed by atoms with Gasteiger partial charge in [0.25, 0.3) is 0 Å². The fraction of sp³-hybridized carbons (Fsp3) is 1.00. The summed E-state index contributed by atoms with van der Waals surface area (Å²) < 4.78 is 5.81. The molecule has 1 rings (SSSR count). The van der Waals surface area contributed by atoms with E-state index >= 15 is 0 Å². The van der Waals surface area contributed by atoms with Crippen LogP contribution in [0.5, 0.6) is 0 Å². The van der Waals surface area contributed by atoms with Crippen molar-refractivity contribution in [1.29, 1.82) is 0 Å². The number of nitrogens with one attached hydrogen (secondary N) is 1. The number of hydrogen-bond acceptors (Lipinski definition) is 3. The van der Waals surface area contributed by atoms with Crippen LogP contribution in [-0.4, -0.2) is 50.3 Å². The number of ether oxygens (including phenoxy) is 1. The Morgan fingerprint density at radius 1 is 1.50 bits per heavy atom. The summed E-state index contributed by atoms with van der Waals surface area (Å²) in [6.45, 7) is 8.65. The topological polar surface area (TPSA) is 24.5 Å². The molecule has 0 aromatic carbocycles. The third-order valence-corrected chi connectivity index (χ3v) is 3.04. The summed E-state index contributed by atoms with van der Waals surface area (Å²) in [4.78, 5) is 2.47. The van der Waals surface area contributed by atoms with Crippen LogP contribution in [0.4, 0.5) is 0 Å². The van der Waals surface area contributed by atoms with Gasteiger partial charge in [-0.15, -0.1) is 0 Å². The van der Waals surface area contributed by atoms with E-state index in [1.807, 2.05) is 7.05 Å². The molecule has 0 bridgehead atoms. The number of morpholine rings is 1. The van der Waals surface area contributed by atoms with E-state index in [4.69, 9.17) is 4.74 Å². The minimum absolute atomic E-state index is 0.383. The molecule has 1 aliphatic heterocycles. The molecule has 0 spiro atoms. The van der Waals surface area contributed by atoms with Gasteiger partial charge in [0.05, 0.1) is 12.7 Å². The smallest absolute Gasteiger partial charge is 0.0855 e. The zero-order valence-electron chi connectivity index (χ0n) is 9.75. The average Bonchev–Trinajstić information content (AvgIpc) is 2.26. The first-order valence-corrected chi connectivity index (χ1v) is 5.83. The monoisotopic (exact) mass is 200 g/mol. The first-order valence-electron chi connectivity index (χ1n) is 5.83. The Morgan fingerprint density at radius 3 is 2.86 bits per heavy atom. The highest BCUT2D eigenvalue weighted by Gasteiger charge is 2.25. The highest BCUT2D eigenvalue weighted by Crippen LogP contribution is 2.12. The third-order valence-electron chi connectivity index (χ3n) is 3.04. The van der Waals surface area contributed by atoms with E-state index in [0.717, 1.165) is 26.2 Å². The highest BCUT2D eigenvalue weighted by atomic mass is 16.5. The van der Waals surface area contributed by atoms with E-state index in [9.17, 15) is 0 Å². The molecule has 2 atom stereocenters. The molecule has 0 aromatic heterocycles. The Hall–Kier alpha value is -0.120. The number of hydrogen-bond donors (Lipinski definition) is 1. The molecule has 1 heterocycles. The van der Waals surface area contributed by atoms with Gasteiger partial charge in [-0.2, -0.15) is 0 Å². The molecular weight excluding hydrogens is 176 g/mol. The average molecular weight is 200 g/mol. The number of rotatable bonds is 5. The van der Waals surface area contributed by atoms with Gasteiger partial charge in [0.2, 0.25) is 0 Å². The van der Waals surface area contributed by atoms with Gasteiger partial charge in [-0.05, 0) is 20.0 Å². The fourth-order valence-electron chi connectivity index (χ4n) is 2.09. The van der Waals surface area contributed by atoms with Crippen LogP contribution in [0, 0.1) is 0 Å². The standard InChI is InChI=1S/C11H24N2O/c1-4-6-10(12-3)11-9-13(5-2)7-8-14-11/h10-12H,4-9H2,1-3H3. The van der Waals surface area contributed by atoms with E-state index in [2.05, 4.69) is 24.1 Å². The molecule has 3 heteroatoms. The van der Waals surface area contributed by atoms with Crippen LogP contribution in [-0.2, 0) is 4.74 Å². The van der Waals surface area contributed by atoms with Gasteiger partial charge in [0.15, 0.2) is 0 Å². The van der Waals surface area contributed by atoms with Gasteiger partial charge in [0, 0.05) is 19.1 Å². The van der Waals surface area contributed by atoms with Crippen LogP contribution in [0.1, 0.15) is 26.7 Å². The summed E-state index contributed by atoms with van der Waals surface area (Å²) in [6, 6.07) is 0.523. The van der Waals surface area contributed by atoms with Crippen LogP contribution < -0.4 is 5.32 Å². The maximum Gasteiger partial charge on any atom is 0.0855 e. The quantitative estimate of drug-likeness (QED) is 0.719. The van der Waals surface area contributed by atoms with E-state index in [1.54, 1.807) is 0 Å². The molecule has 2 unspecified atom stereocenters. The molecule has 0 saturated carbocycles. The lowest BCUT2D eigenvalue weighted by Crippen LogP contribution is -2.51. The van der Waals surface area contributed by atoms with Crippen molar-refractivity contribution in [2.24, 2.45) is 0 Å².